The van der Waals surface area contributed by atoms with E-state index in [1.54, 1.807) is 19.1 Å². The Morgan fingerprint density at radius 1 is 1.33 bits per heavy atom. The van der Waals surface area contributed by atoms with E-state index in [1.807, 2.05) is 13.0 Å². The van der Waals surface area contributed by atoms with Crippen molar-refractivity contribution < 1.29 is 18.0 Å². The van der Waals surface area contributed by atoms with Gasteiger partial charge in [-0.2, -0.15) is 13.2 Å². The van der Waals surface area contributed by atoms with Crippen molar-refractivity contribution in [3.8, 4) is 0 Å². The van der Waals surface area contributed by atoms with Crippen LogP contribution in [-0.2, 0) is 4.79 Å². The Morgan fingerprint density at radius 3 is 2.44 bits per heavy atom. The van der Waals surface area contributed by atoms with Crippen LogP contribution in [0.5, 0.6) is 0 Å². The van der Waals surface area contributed by atoms with Crippen LogP contribution in [0.2, 0.25) is 0 Å². The molecule has 0 radical (unpaired) electrons. The van der Waals surface area contributed by atoms with E-state index in [2.05, 4.69) is 5.32 Å². The van der Waals surface area contributed by atoms with Crippen LogP contribution in [0.15, 0.2) is 18.2 Å². The minimum Gasteiger partial charge on any atom is -0.349 e. The van der Waals surface area contributed by atoms with Crippen LogP contribution in [0.1, 0.15) is 36.1 Å². The predicted molar refractivity (Wildman–Crippen MR) is 63.1 cm³/mol. The maximum Gasteiger partial charge on any atom is 0.391 e. The topological polar surface area (TPSA) is 29.1 Å². The summed E-state index contributed by atoms with van der Waals surface area (Å²) in [5.41, 5.74) is 2.20. The number of halogens is 3. The van der Waals surface area contributed by atoms with Crippen LogP contribution in [0.3, 0.4) is 0 Å². The quantitative estimate of drug-likeness (QED) is 0.885. The van der Waals surface area contributed by atoms with Crippen LogP contribution in [0.4, 0.5) is 13.2 Å². The molecule has 1 aromatic rings. The summed E-state index contributed by atoms with van der Waals surface area (Å²) in [5.74, 6) is -0.467. The molecule has 0 heterocycles. The fourth-order valence-corrected chi connectivity index (χ4v) is 1.87. The minimum atomic E-state index is -4.32. The molecule has 0 saturated heterocycles. The van der Waals surface area contributed by atoms with E-state index < -0.39 is 24.5 Å². The zero-order chi connectivity index (χ0) is 13.9. The van der Waals surface area contributed by atoms with Gasteiger partial charge < -0.3 is 5.32 Å². The number of benzene rings is 1. The maximum atomic E-state index is 12.5. The third kappa shape index (κ3) is 4.05. The molecule has 0 fully saturated rings. The van der Waals surface area contributed by atoms with Crippen LogP contribution in [0.25, 0.3) is 0 Å². The molecule has 2 nitrogen and oxygen atoms in total. The van der Waals surface area contributed by atoms with Crippen LogP contribution in [-0.4, -0.2) is 12.1 Å². The van der Waals surface area contributed by atoms with Crippen molar-refractivity contribution in [2.45, 2.75) is 39.4 Å². The lowest BCUT2D eigenvalue weighted by Gasteiger charge is -2.22. The molecule has 1 aromatic carbocycles. The van der Waals surface area contributed by atoms with E-state index in [0.29, 0.717) is 5.56 Å². The summed E-state index contributed by atoms with van der Waals surface area (Å²) in [5, 5.41) is 2.36. The minimum absolute atomic E-state index is 0.467. The van der Waals surface area contributed by atoms with Crippen molar-refractivity contribution in [3.05, 3.63) is 34.9 Å². The first kappa shape index (κ1) is 14.5. The Balaban J connectivity index is 3.09. The number of aryl methyl sites for hydroxylation is 1. The molecule has 1 atom stereocenters. The van der Waals surface area contributed by atoms with Crippen molar-refractivity contribution in [1.29, 1.82) is 0 Å². The lowest BCUT2D eigenvalue weighted by Crippen LogP contribution is -2.30. The second-order valence-corrected chi connectivity index (χ2v) is 4.36. The molecule has 0 bridgehead atoms. The van der Waals surface area contributed by atoms with E-state index >= 15 is 0 Å². The molecule has 0 aliphatic heterocycles. The summed E-state index contributed by atoms with van der Waals surface area (Å²) in [6, 6.07) is 4.12. The van der Waals surface area contributed by atoms with Gasteiger partial charge in [0.05, 0.1) is 12.5 Å². The summed E-state index contributed by atoms with van der Waals surface area (Å²) in [7, 11) is 0. The van der Waals surface area contributed by atoms with E-state index in [-0.39, 0.29) is 0 Å². The first-order chi connectivity index (χ1) is 8.20. The van der Waals surface area contributed by atoms with Gasteiger partial charge >= 0.3 is 6.18 Å². The fraction of sp³-hybridized carbons (Fsp3) is 0.462. The summed E-state index contributed by atoms with van der Waals surface area (Å²) < 4.78 is 37.6. The van der Waals surface area contributed by atoms with Crippen molar-refractivity contribution in [2.24, 2.45) is 0 Å². The van der Waals surface area contributed by atoms with Gasteiger partial charge in [-0.15, -0.1) is 0 Å². The maximum absolute atomic E-state index is 12.5. The van der Waals surface area contributed by atoms with Gasteiger partial charge in [0, 0.05) is 6.92 Å². The van der Waals surface area contributed by atoms with E-state index in [9.17, 15) is 18.0 Å². The Kier molecular flexibility index (Phi) is 4.38. The molecule has 0 aliphatic carbocycles. The molecule has 1 rings (SSSR count). The zero-order valence-electron chi connectivity index (χ0n) is 10.6. The van der Waals surface area contributed by atoms with Crippen molar-refractivity contribution in [3.63, 3.8) is 0 Å². The summed E-state index contributed by atoms with van der Waals surface area (Å²) in [6.07, 6.45) is -5.37. The van der Waals surface area contributed by atoms with Crippen LogP contribution in [0, 0.1) is 13.8 Å². The van der Waals surface area contributed by atoms with Crippen LogP contribution >= 0.6 is 0 Å². The van der Waals surface area contributed by atoms with E-state index in [4.69, 9.17) is 0 Å². The average Bonchev–Trinajstić information content (AvgIpc) is 2.18. The number of nitrogens with one attached hydrogen (secondary N) is 1. The van der Waals surface area contributed by atoms with Gasteiger partial charge in [0.25, 0.3) is 0 Å². The van der Waals surface area contributed by atoms with Gasteiger partial charge in [-0.05, 0) is 30.5 Å². The monoisotopic (exact) mass is 259 g/mol. The van der Waals surface area contributed by atoms with Gasteiger partial charge in [-0.1, -0.05) is 18.2 Å². The average molecular weight is 259 g/mol. The number of alkyl halides is 3. The Morgan fingerprint density at radius 2 is 1.94 bits per heavy atom. The van der Waals surface area contributed by atoms with Crippen molar-refractivity contribution in [2.75, 3.05) is 0 Å². The Labute approximate surface area is 104 Å². The number of amides is 1. The largest absolute Gasteiger partial charge is 0.391 e. The standard InChI is InChI=1S/C13H16F3NO/c1-8-5-4-6-11(9(8)2)12(17-10(3)18)7-13(14,15)16/h4-6,12H,7H2,1-3H3,(H,17,18). The SMILES string of the molecule is CC(=O)NC(CC(F)(F)F)c1cccc(C)c1C. The highest BCUT2D eigenvalue weighted by molar-refractivity contribution is 5.73. The van der Waals surface area contributed by atoms with Crippen molar-refractivity contribution in [1.82, 2.24) is 5.32 Å². The number of carbonyl (C=O) groups excluding carboxylic acids is 1. The lowest BCUT2D eigenvalue weighted by atomic mass is 9.95. The number of carbonyl (C=O) groups is 1. The van der Waals surface area contributed by atoms with E-state index in [1.165, 1.54) is 6.92 Å². The molecular formula is C13H16F3NO. The molecule has 5 heteroatoms. The Bertz CT molecular complexity index is 440. The zero-order valence-corrected chi connectivity index (χ0v) is 10.6. The fourth-order valence-electron chi connectivity index (χ4n) is 1.87. The molecule has 18 heavy (non-hydrogen) atoms. The second-order valence-electron chi connectivity index (χ2n) is 4.36. The first-order valence-corrected chi connectivity index (χ1v) is 5.60. The third-order valence-electron chi connectivity index (χ3n) is 2.84. The van der Waals surface area contributed by atoms with E-state index in [0.717, 1.165) is 11.1 Å². The van der Waals surface area contributed by atoms with Gasteiger partial charge in [-0.3, -0.25) is 4.79 Å². The molecule has 0 saturated carbocycles. The molecule has 0 spiro atoms. The number of rotatable bonds is 3. The lowest BCUT2D eigenvalue weighted by molar-refractivity contribution is -0.142. The smallest absolute Gasteiger partial charge is 0.349 e. The molecule has 1 amide bonds. The van der Waals surface area contributed by atoms with Crippen molar-refractivity contribution >= 4 is 5.91 Å². The molecule has 0 aliphatic rings. The normalized spacial score (nSPS) is 13.2. The highest BCUT2D eigenvalue weighted by atomic mass is 19.4. The molecule has 100 valence electrons. The molecule has 0 aromatic heterocycles. The molecular weight excluding hydrogens is 243 g/mol. The second kappa shape index (κ2) is 5.42. The van der Waals surface area contributed by atoms with Gasteiger partial charge in [0.15, 0.2) is 0 Å². The summed E-state index contributed by atoms with van der Waals surface area (Å²) >= 11 is 0. The number of hydrogen-bond acceptors (Lipinski definition) is 1. The summed E-state index contributed by atoms with van der Waals surface area (Å²) in [6.45, 7) is 4.81. The number of hydrogen-bond donors (Lipinski definition) is 1. The highest BCUT2D eigenvalue weighted by Crippen LogP contribution is 2.31. The molecule has 1 N–H and O–H groups in total. The summed E-state index contributed by atoms with van der Waals surface area (Å²) in [4.78, 5) is 11.0. The molecule has 1 unspecified atom stereocenters. The van der Waals surface area contributed by atoms with Gasteiger partial charge in [0.2, 0.25) is 5.91 Å². The third-order valence-corrected chi connectivity index (χ3v) is 2.84. The highest BCUT2D eigenvalue weighted by Gasteiger charge is 2.33. The Hall–Kier alpha value is -1.52. The predicted octanol–water partition coefficient (Wildman–Crippen LogP) is 3.43. The first-order valence-electron chi connectivity index (χ1n) is 5.60. The van der Waals surface area contributed by atoms with Gasteiger partial charge in [-0.25, -0.2) is 0 Å². The van der Waals surface area contributed by atoms with Crippen LogP contribution < -0.4 is 5.32 Å². The van der Waals surface area contributed by atoms with Gasteiger partial charge in [0.1, 0.15) is 0 Å².